The van der Waals surface area contributed by atoms with Crippen molar-refractivity contribution >= 4 is 34.3 Å². The van der Waals surface area contributed by atoms with E-state index in [-0.39, 0.29) is 23.4 Å². The van der Waals surface area contributed by atoms with Gasteiger partial charge in [-0.25, -0.2) is 10.4 Å². The van der Waals surface area contributed by atoms with Crippen molar-refractivity contribution in [1.29, 1.82) is 0 Å². The SMILES string of the molecule is CC1CC(NC(=O)CSc2nc3ccc(N4CCCCC4)cc3c(=O)n2Cc2ccccc2)NN1. The molecule has 5 rings (SSSR count). The molecular weight excluding hydrogens is 460 g/mol. The lowest BCUT2D eigenvalue weighted by Crippen LogP contribution is -2.45. The third kappa shape index (κ3) is 5.69. The van der Waals surface area contributed by atoms with Gasteiger partial charge in [-0.2, -0.15) is 0 Å². The van der Waals surface area contributed by atoms with Crippen molar-refractivity contribution in [3.63, 3.8) is 0 Å². The summed E-state index contributed by atoms with van der Waals surface area (Å²) in [5.74, 6) is 0.0926. The summed E-state index contributed by atoms with van der Waals surface area (Å²) in [7, 11) is 0. The van der Waals surface area contributed by atoms with Gasteiger partial charge in [0.1, 0.15) is 0 Å². The normalized spacial score (nSPS) is 20.3. The van der Waals surface area contributed by atoms with Crippen molar-refractivity contribution in [3.8, 4) is 0 Å². The zero-order chi connectivity index (χ0) is 24.2. The van der Waals surface area contributed by atoms with Crippen molar-refractivity contribution in [1.82, 2.24) is 25.7 Å². The summed E-state index contributed by atoms with van der Waals surface area (Å²) in [6.45, 7) is 4.51. The van der Waals surface area contributed by atoms with E-state index in [9.17, 15) is 9.59 Å². The van der Waals surface area contributed by atoms with Crippen LogP contribution >= 0.6 is 11.8 Å². The molecule has 35 heavy (non-hydrogen) atoms. The maximum atomic E-state index is 13.7. The molecule has 8 nitrogen and oxygen atoms in total. The second kappa shape index (κ2) is 10.8. The number of amides is 1. The number of thioether (sulfide) groups is 1. The average molecular weight is 493 g/mol. The lowest BCUT2D eigenvalue weighted by atomic mass is 10.1. The Morgan fingerprint density at radius 1 is 1.11 bits per heavy atom. The fraction of sp³-hybridized carbons (Fsp3) is 0.423. The zero-order valence-electron chi connectivity index (χ0n) is 20.0. The maximum Gasteiger partial charge on any atom is 0.262 e. The van der Waals surface area contributed by atoms with Gasteiger partial charge in [0.25, 0.3) is 5.56 Å². The molecule has 2 aliphatic heterocycles. The molecule has 0 spiro atoms. The van der Waals surface area contributed by atoms with Crippen molar-refractivity contribution in [2.45, 2.75) is 56.5 Å². The lowest BCUT2D eigenvalue weighted by molar-refractivity contribution is -0.119. The van der Waals surface area contributed by atoms with E-state index < -0.39 is 0 Å². The van der Waals surface area contributed by atoms with E-state index in [1.165, 1.54) is 31.0 Å². The molecule has 2 aliphatic rings. The number of carbonyl (C=O) groups is 1. The Labute approximate surface area is 209 Å². The Morgan fingerprint density at radius 2 is 1.91 bits per heavy atom. The first kappa shape index (κ1) is 23.8. The molecule has 3 N–H and O–H groups in total. The second-order valence-electron chi connectivity index (χ2n) is 9.35. The Kier molecular flexibility index (Phi) is 7.36. The summed E-state index contributed by atoms with van der Waals surface area (Å²) in [4.78, 5) is 33.5. The number of nitrogens with zero attached hydrogens (tertiary/aromatic N) is 3. The highest BCUT2D eigenvalue weighted by Crippen LogP contribution is 2.25. The Morgan fingerprint density at radius 3 is 2.66 bits per heavy atom. The van der Waals surface area contributed by atoms with Crippen molar-refractivity contribution < 1.29 is 4.79 Å². The van der Waals surface area contributed by atoms with Gasteiger partial charge in [0.15, 0.2) is 5.16 Å². The molecule has 1 amide bonds. The minimum Gasteiger partial charge on any atom is -0.372 e. The molecule has 2 atom stereocenters. The molecule has 0 bridgehead atoms. The number of nitrogens with one attached hydrogen (secondary N) is 3. The molecule has 0 aliphatic carbocycles. The molecule has 1 aromatic heterocycles. The first-order chi connectivity index (χ1) is 17.1. The highest BCUT2D eigenvalue weighted by atomic mass is 32.2. The highest BCUT2D eigenvalue weighted by Gasteiger charge is 2.22. The van der Waals surface area contributed by atoms with E-state index in [0.717, 1.165) is 30.8 Å². The summed E-state index contributed by atoms with van der Waals surface area (Å²) in [6, 6.07) is 16.2. The molecule has 2 aromatic carbocycles. The van der Waals surface area contributed by atoms with Gasteiger partial charge >= 0.3 is 0 Å². The van der Waals surface area contributed by atoms with Crippen LogP contribution in [0.1, 0.15) is 38.2 Å². The Bertz CT molecular complexity index is 1240. The third-order valence-corrected chi connectivity index (χ3v) is 7.54. The average Bonchev–Trinajstić information content (AvgIpc) is 3.30. The summed E-state index contributed by atoms with van der Waals surface area (Å²) in [6.07, 6.45) is 4.34. The molecular formula is C26H32N6O2S. The van der Waals surface area contributed by atoms with Crippen molar-refractivity contribution in [2.24, 2.45) is 0 Å². The maximum absolute atomic E-state index is 13.7. The number of carbonyl (C=O) groups excluding carboxylic acids is 1. The number of hydrogen-bond acceptors (Lipinski definition) is 7. The Balaban J connectivity index is 1.43. The third-order valence-electron chi connectivity index (χ3n) is 6.57. The standard InChI is InChI=1S/C26H32N6O2S/c1-18-14-23(30-29-18)28-24(33)17-35-26-27-22-11-10-20(31-12-6-3-7-13-31)15-21(22)25(34)32(26)16-19-8-4-2-5-9-19/h2,4-5,8-11,15,18,23,29-30H,3,6-7,12-14,16-17H2,1H3,(H,28,33). The molecule has 0 radical (unpaired) electrons. The van der Waals surface area contributed by atoms with Gasteiger partial charge in [-0.1, -0.05) is 42.1 Å². The van der Waals surface area contributed by atoms with E-state index in [4.69, 9.17) is 4.98 Å². The molecule has 9 heteroatoms. The van der Waals surface area contributed by atoms with Gasteiger partial charge < -0.3 is 10.2 Å². The van der Waals surface area contributed by atoms with Crippen LogP contribution in [0.4, 0.5) is 5.69 Å². The van der Waals surface area contributed by atoms with Crippen molar-refractivity contribution in [3.05, 3.63) is 64.4 Å². The van der Waals surface area contributed by atoms with Gasteiger partial charge in [-0.3, -0.25) is 19.6 Å². The van der Waals surface area contributed by atoms with Gasteiger partial charge in [-0.05, 0) is 56.4 Å². The van der Waals surface area contributed by atoms with Gasteiger partial charge in [0, 0.05) is 24.8 Å². The van der Waals surface area contributed by atoms with Gasteiger partial charge in [0.2, 0.25) is 5.91 Å². The smallest absolute Gasteiger partial charge is 0.262 e. The fourth-order valence-electron chi connectivity index (χ4n) is 4.73. The number of benzene rings is 2. The van der Waals surface area contributed by atoms with Crippen LogP contribution < -0.4 is 26.6 Å². The summed E-state index contributed by atoms with van der Waals surface area (Å²) < 4.78 is 1.70. The van der Waals surface area contributed by atoms with Crippen LogP contribution in [-0.2, 0) is 11.3 Å². The summed E-state index contributed by atoms with van der Waals surface area (Å²) in [5, 5.41) is 4.16. The summed E-state index contributed by atoms with van der Waals surface area (Å²) in [5.41, 5.74) is 8.88. The number of fused-ring (bicyclic) bond motifs is 1. The first-order valence-corrected chi connectivity index (χ1v) is 13.3. The van der Waals surface area contributed by atoms with Crippen LogP contribution in [0.15, 0.2) is 58.5 Å². The highest BCUT2D eigenvalue weighted by molar-refractivity contribution is 7.99. The minimum atomic E-state index is -0.0950. The number of hydrogen-bond donors (Lipinski definition) is 3. The number of hydrazine groups is 1. The fourth-order valence-corrected chi connectivity index (χ4v) is 5.54. The van der Waals surface area contributed by atoms with Crippen LogP contribution in [0.5, 0.6) is 0 Å². The second-order valence-corrected chi connectivity index (χ2v) is 10.3. The van der Waals surface area contributed by atoms with Gasteiger partial charge in [0.05, 0.1) is 29.4 Å². The topological polar surface area (TPSA) is 91.3 Å². The number of piperidine rings is 1. The molecule has 3 heterocycles. The molecule has 2 unspecified atom stereocenters. The predicted molar refractivity (Wildman–Crippen MR) is 141 cm³/mol. The predicted octanol–water partition coefficient (Wildman–Crippen LogP) is 2.86. The number of rotatable bonds is 7. The van der Waals surface area contributed by atoms with E-state index >= 15 is 0 Å². The largest absolute Gasteiger partial charge is 0.372 e. The Hall–Kier alpha value is -2.88. The van der Waals surface area contributed by atoms with Crippen LogP contribution in [-0.4, -0.2) is 46.5 Å². The zero-order valence-corrected chi connectivity index (χ0v) is 20.8. The van der Waals surface area contributed by atoms with Crippen molar-refractivity contribution in [2.75, 3.05) is 23.7 Å². The quantitative estimate of drug-likeness (QED) is 0.345. The van der Waals surface area contributed by atoms with Crippen LogP contribution in [0.2, 0.25) is 0 Å². The van der Waals surface area contributed by atoms with E-state index in [1.807, 2.05) is 42.5 Å². The van der Waals surface area contributed by atoms with E-state index in [1.54, 1.807) is 4.57 Å². The number of anilines is 1. The molecule has 2 saturated heterocycles. The lowest BCUT2D eigenvalue weighted by Gasteiger charge is -2.29. The molecule has 184 valence electrons. The monoisotopic (exact) mass is 492 g/mol. The minimum absolute atomic E-state index is 0.0731. The molecule has 3 aromatic rings. The van der Waals surface area contributed by atoms with Gasteiger partial charge in [-0.15, -0.1) is 0 Å². The first-order valence-electron chi connectivity index (χ1n) is 12.3. The molecule has 0 saturated carbocycles. The van der Waals surface area contributed by atoms with Crippen LogP contribution in [0, 0.1) is 0 Å². The number of aromatic nitrogens is 2. The van der Waals surface area contributed by atoms with E-state index in [2.05, 4.69) is 34.1 Å². The van der Waals surface area contributed by atoms with Crippen LogP contribution in [0.3, 0.4) is 0 Å². The van der Waals surface area contributed by atoms with Crippen LogP contribution in [0.25, 0.3) is 10.9 Å². The molecule has 2 fully saturated rings. The van der Waals surface area contributed by atoms with E-state index in [0.29, 0.717) is 28.6 Å². The summed E-state index contributed by atoms with van der Waals surface area (Å²) >= 11 is 1.30.